The molecule has 0 aliphatic rings. The highest BCUT2D eigenvalue weighted by atomic mass is 16.5. The lowest BCUT2D eigenvalue weighted by molar-refractivity contribution is -0.143. The highest BCUT2D eigenvalue weighted by molar-refractivity contribution is 5.76. The molecule has 1 amide bonds. The van der Waals surface area contributed by atoms with Gasteiger partial charge in [-0.2, -0.15) is 0 Å². The summed E-state index contributed by atoms with van der Waals surface area (Å²) in [5, 5.41) is 23.1. The maximum atomic E-state index is 12.4. The number of aliphatic hydroxyl groups excluding tert-OH is 2. The monoisotopic (exact) mass is 1000 g/mol. The number of allylic oxidation sites excluding steroid dienone is 2. The Morgan fingerprint density at radius 2 is 0.662 bits per heavy atom. The summed E-state index contributed by atoms with van der Waals surface area (Å²) >= 11 is 0. The largest absolute Gasteiger partial charge is 0.466 e. The molecule has 0 aliphatic heterocycles. The van der Waals surface area contributed by atoms with Crippen molar-refractivity contribution in [2.75, 3.05) is 13.2 Å². The third-order valence-electron chi connectivity index (χ3n) is 15.3. The summed E-state index contributed by atoms with van der Waals surface area (Å²) in [7, 11) is 0. The number of carbonyl (C=O) groups is 2. The minimum atomic E-state index is -0.657. The molecule has 0 saturated heterocycles. The predicted octanol–water partition coefficient (Wildman–Crippen LogP) is 20.4. The minimum absolute atomic E-state index is 0.0119. The van der Waals surface area contributed by atoms with Gasteiger partial charge in [0.25, 0.3) is 0 Å². The van der Waals surface area contributed by atoms with Crippen molar-refractivity contribution >= 4 is 11.9 Å². The first kappa shape index (κ1) is 69.6. The van der Waals surface area contributed by atoms with Gasteiger partial charge >= 0.3 is 5.97 Å². The second-order valence-electron chi connectivity index (χ2n) is 22.5. The molecule has 0 rings (SSSR count). The van der Waals surface area contributed by atoms with Crippen LogP contribution in [0.3, 0.4) is 0 Å². The van der Waals surface area contributed by atoms with Crippen LogP contribution in [-0.2, 0) is 14.3 Å². The average Bonchev–Trinajstić information content (AvgIpc) is 3.37. The van der Waals surface area contributed by atoms with Gasteiger partial charge in [-0.3, -0.25) is 9.59 Å². The van der Waals surface area contributed by atoms with Crippen LogP contribution in [0.5, 0.6) is 0 Å². The van der Waals surface area contributed by atoms with Crippen molar-refractivity contribution in [1.82, 2.24) is 5.32 Å². The molecule has 422 valence electrons. The Morgan fingerprint density at radius 3 is 1.03 bits per heavy atom. The van der Waals surface area contributed by atoms with E-state index in [4.69, 9.17) is 4.74 Å². The lowest BCUT2D eigenvalue weighted by atomic mass is 10.0. The number of aliphatic hydroxyl groups is 2. The molecule has 3 N–H and O–H groups in total. The maximum Gasteiger partial charge on any atom is 0.305 e. The summed E-state index contributed by atoms with van der Waals surface area (Å²) in [6.45, 7) is 4.93. The number of esters is 1. The first-order chi connectivity index (χ1) is 35.0. The van der Waals surface area contributed by atoms with E-state index in [9.17, 15) is 19.8 Å². The summed E-state index contributed by atoms with van der Waals surface area (Å²) in [5.74, 6) is -0.0190. The van der Waals surface area contributed by atoms with E-state index in [-0.39, 0.29) is 18.5 Å². The van der Waals surface area contributed by atoms with Gasteiger partial charge in [0.2, 0.25) is 5.91 Å². The van der Waals surface area contributed by atoms with E-state index in [1.54, 1.807) is 0 Å². The fraction of sp³-hybridized carbons (Fsp3) is 0.938. The quantitative estimate of drug-likeness (QED) is 0.0320. The van der Waals surface area contributed by atoms with E-state index < -0.39 is 12.1 Å². The Hall–Kier alpha value is -1.40. The SMILES string of the molecule is CCCCC/C=C\CCCCCCCC(=O)OCCCCCCCCCCCCCCCCCCCCCCCCCCCCCCCCCCCC(=O)NC(CO)C(O)CCCCCCCCCCC. The van der Waals surface area contributed by atoms with E-state index in [0.29, 0.717) is 25.9 Å². The molecule has 0 aromatic heterocycles. The number of rotatable bonds is 61. The van der Waals surface area contributed by atoms with Gasteiger partial charge in [0.05, 0.1) is 25.4 Å². The third-order valence-corrected chi connectivity index (χ3v) is 15.3. The van der Waals surface area contributed by atoms with E-state index >= 15 is 0 Å². The zero-order chi connectivity index (χ0) is 51.4. The van der Waals surface area contributed by atoms with Crippen molar-refractivity contribution < 1.29 is 24.5 Å². The lowest BCUT2D eigenvalue weighted by Crippen LogP contribution is -2.45. The molecule has 6 heteroatoms. The highest BCUT2D eigenvalue weighted by Crippen LogP contribution is 2.19. The Labute approximate surface area is 444 Å². The molecule has 71 heavy (non-hydrogen) atoms. The number of nitrogens with one attached hydrogen (secondary N) is 1. The molecule has 0 aromatic rings. The fourth-order valence-corrected chi connectivity index (χ4v) is 10.3. The van der Waals surface area contributed by atoms with Crippen LogP contribution in [0.2, 0.25) is 0 Å². The average molecular weight is 1000 g/mol. The first-order valence-electron chi connectivity index (χ1n) is 32.4. The fourth-order valence-electron chi connectivity index (χ4n) is 10.3. The van der Waals surface area contributed by atoms with Crippen molar-refractivity contribution in [1.29, 1.82) is 0 Å². The zero-order valence-corrected chi connectivity index (χ0v) is 48.2. The standard InChI is InChI=1S/C65H127NO5/c1-3-5-7-9-11-13-14-39-43-47-51-55-59-65(70)71-60-56-52-48-44-40-37-35-33-31-29-27-25-23-21-19-17-15-16-18-20-22-24-26-28-30-32-34-36-38-42-46-50-54-58-64(69)66-62(61-67)63(68)57-53-49-45-41-12-10-8-6-4-2/h11,13,62-63,67-68H,3-10,12,14-61H2,1-2H3,(H,66,69)/b13-11-. The van der Waals surface area contributed by atoms with Crippen molar-refractivity contribution in [3.63, 3.8) is 0 Å². The van der Waals surface area contributed by atoms with Crippen LogP contribution in [0.4, 0.5) is 0 Å². The molecule has 2 atom stereocenters. The molecular formula is C65H127NO5. The van der Waals surface area contributed by atoms with Crippen molar-refractivity contribution in [3.05, 3.63) is 12.2 Å². The van der Waals surface area contributed by atoms with Crippen LogP contribution in [0.15, 0.2) is 12.2 Å². The molecule has 0 aliphatic carbocycles. The van der Waals surface area contributed by atoms with E-state index in [1.165, 1.54) is 289 Å². The van der Waals surface area contributed by atoms with Crippen LogP contribution in [-0.4, -0.2) is 47.4 Å². The number of carbonyl (C=O) groups excluding carboxylic acids is 2. The number of hydrogen-bond donors (Lipinski definition) is 3. The van der Waals surface area contributed by atoms with E-state index in [2.05, 4.69) is 31.3 Å². The van der Waals surface area contributed by atoms with Crippen molar-refractivity contribution in [2.24, 2.45) is 0 Å². The zero-order valence-electron chi connectivity index (χ0n) is 48.2. The van der Waals surface area contributed by atoms with Gasteiger partial charge < -0.3 is 20.3 Å². The van der Waals surface area contributed by atoms with Gasteiger partial charge in [0.15, 0.2) is 0 Å². The van der Waals surface area contributed by atoms with Crippen LogP contribution < -0.4 is 5.32 Å². The van der Waals surface area contributed by atoms with Gasteiger partial charge in [0.1, 0.15) is 0 Å². The summed E-state index contributed by atoms with van der Waals surface area (Å²) < 4.78 is 5.47. The number of hydrogen-bond acceptors (Lipinski definition) is 5. The van der Waals surface area contributed by atoms with Crippen molar-refractivity contribution in [3.8, 4) is 0 Å². The topological polar surface area (TPSA) is 95.9 Å². The van der Waals surface area contributed by atoms with Gasteiger partial charge in [-0.25, -0.2) is 0 Å². The summed E-state index contributed by atoms with van der Waals surface area (Å²) in [4.78, 5) is 24.4. The third kappa shape index (κ3) is 57.7. The minimum Gasteiger partial charge on any atom is -0.466 e. The normalized spacial score (nSPS) is 12.6. The van der Waals surface area contributed by atoms with Crippen LogP contribution in [0.1, 0.15) is 367 Å². The molecule has 0 bridgehead atoms. The van der Waals surface area contributed by atoms with E-state index in [1.807, 2.05) is 0 Å². The Bertz CT molecular complexity index is 1060. The highest BCUT2D eigenvalue weighted by Gasteiger charge is 2.20. The van der Waals surface area contributed by atoms with E-state index in [0.717, 1.165) is 44.9 Å². The Morgan fingerprint density at radius 1 is 0.380 bits per heavy atom. The van der Waals surface area contributed by atoms with Gasteiger partial charge in [-0.15, -0.1) is 0 Å². The molecule has 0 saturated carbocycles. The molecule has 0 aromatic carbocycles. The summed E-state index contributed by atoms with van der Waals surface area (Å²) in [6.07, 6.45) is 74.1. The summed E-state index contributed by atoms with van der Waals surface area (Å²) in [6, 6.07) is -0.534. The molecule has 0 spiro atoms. The predicted molar refractivity (Wildman–Crippen MR) is 310 cm³/mol. The molecule has 0 heterocycles. The molecule has 0 radical (unpaired) electrons. The van der Waals surface area contributed by atoms with Crippen molar-refractivity contribution in [2.45, 2.75) is 379 Å². The second-order valence-corrected chi connectivity index (χ2v) is 22.5. The molecule has 0 fully saturated rings. The molecule has 2 unspecified atom stereocenters. The second kappa shape index (κ2) is 61.1. The molecule has 6 nitrogen and oxygen atoms in total. The number of unbranched alkanes of at least 4 members (excludes halogenated alkanes) is 48. The Balaban J connectivity index is 3.28. The lowest BCUT2D eigenvalue weighted by Gasteiger charge is -2.22. The van der Waals surface area contributed by atoms with Gasteiger partial charge in [-0.05, 0) is 51.4 Å². The van der Waals surface area contributed by atoms with Crippen LogP contribution in [0, 0.1) is 0 Å². The van der Waals surface area contributed by atoms with Crippen LogP contribution >= 0.6 is 0 Å². The summed E-state index contributed by atoms with van der Waals surface area (Å²) in [5.41, 5.74) is 0. The van der Waals surface area contributed by atoms with Gasteiger partial charge in [0, 0.05) is 12.8 Å². The maximum absolute atomic E-state index is 12.4. The number of amides is 1. The first-order valence-corrected chi connectivity index (χ1v) is 32.4. The molecular weight excluding hydrogens is 875 g/mol. The Kier molecular flexibility index (Phi) is 59.9. The van der Waals surface area contributed by atoms with Gasteiger partial charge in [-0.1, -0.05) is 315 Å². The van der Waals surface area contributed by atoms with Crippen LogP contribution in [0.25, 0.3) is 0 Å². The smallest absolute Gasteiger partial charge is 0.305 e. The number of ether oxygens (including phenoxy) is 1.